The highest BCUT2D eigenvalue weighted by atomic mass is 16.5. The molecule has 212 valence electrons. The quantitative estimate of drug-likeness (QED) is 0.409. The predicted molar refractivity (Wildman–Crippen MR) is 153 cm³/mol. The van der Waals surface area contributed by atoms with Crippen molar-refractivity contribution >= 4 is 5.91 Å². The summed E-state index contributed by atoms with van der Waals surface area (Å²) in [5.41, 5.74) is 4.55. The van der Waals surface area contributed by atoms with Gasteiger partial charge in [-0.3, -0.25) is 9.69 Å². The van der Waals surface area contributed by atoms with Gasteiger partial charge in [-0.1, -0.05) is 30.3 Å². The SMILES string of the molecule is COc1ccc(CC2c3cc(OC)c(OC)cc3OCCN2CC(=O)NC2CCCc3ccccc32)cc1OC. The van der Waals surface area contributed by atoms with Crippen molar-refractivity contribution in [3.05, 3.63) is 76.9 Å². The van der Waals surface area contributed by atoms with Crippen molar-refractivity contribution in [3.8, 4) is 28.7 Å². The molecule has 0 aromatic heterocycles. The van der Waals surface area contributed by atoms with Crippen LogP contribution in [-0.4, -0.2) is 58.9 Å². The first-order chi connectivity index (χ1) is 19.5. The lowest BCUT2D eigenvalue weighted by Crippen LogP contribution is -2.42. The van der Waals surface area contributed by atoms with Crippen LogP contribution in [0.25, 0.3) is 0 Å². The lowest BCUT2D eigenvalue weighted by atomic mass is 9.88. The second-order valence-electron chi connectivity index (χ2n) is 10.2. The molecule has 8 nitrogen and oxygen atoms in total. The summed E-state index contributed by atoms with van der Waals surface area (Å²) in [6.45, 7) is 1.28. The van der Waals surface area contributed by atoms with Crippen molar-refractivity contribution < 1.29 is 28.5 Å². The third kappa shape index (κ3) is 5.82. The number of aryl methyl sites for hydroxylation is 1. The summed E-state index contributed by atoms with van der Waals surface area (Å²) in [7, 11) is 6.50. The Morgan fingerprint density at radius 3 is 2.40 bits per heavy atom. The van der Waals surface area contributed by atoms with Crippen molar-refractivity contribution in [2.24, 2.45) is 0 Å². The zero-order chi connectivity index (χ0) is 28.1. The van der Waals surface area contributed by atoms with Gasteiger partial charge in [0.25, 0.3) is 0 Å². The lowest BCUT2D eigenvalue weighted by Gasteiger charge is -2.32. The highest BCUT2D eigenvalue weighted by molar-refractivity contribution is 5.78. The van der Waals surface area contributed by atoms with E-state index >= 15 is 0 Å². The molecule has 1 N–H and O–H groups in total. The maximum atomic E-state index is 13.5. The monoisotopic (exact) mass is 546 g/mol. The highest BCUT2D eigenvalue weighted by Gasteiger charge is 2.31. The molecule has 5 rings (SSSR count). The van der Waals surface area contributed by atoms with Crippen LogP contribution < -0.4 is 29.0 Å². The molecular formula is C32H38N2O6. The Hall–Kier alpha value is -3.91. The first-order valence-corrected chi connectivity index (χ1v) is 13.8. The number of nitrogens with one attached hydrogen (secondary N) is 1. The Balaban J connectivity index is 1.45. The fourth-order valence-corrected chi connectivity index (χ4v) is 5.87. The van der Waals surface area contributed by atoms with Gasteiger partial charge in [-0.25, -0.2) is 0 Å². The molecule has 2 aliphatic rings. The maximum absolute atomic E-state index is 13.5. The van der Waals surface area contributed by atoms with Gasteiger partial charge in [0.2, 0.25) is 5.91 Å². The number of rotatable bonds is 9. The Morgan fingerprint density at radius 1 is 0.900 bits per heavy atom. The molecule has 1 aliphatic carbocycles. The second-order valence-corrected chi connectivity index (χ2v) is 10.2. The van der Waals surface area contributed by atoms with Crippen LogP contribution in [0.5, 0.6) is 28.7 Å². The summed E-state index contributed by atoms with van der Waals surface area (Å²) < 4.78 is 28.4. The van der Waals surface area contributed by atoms with Crippen LogP contribution in [-0.2, 0) is 17.6 Å². The van der Waals surface area contributed by atoms with Crippen molar-refractivity contribution in [2.45, 2.75) is 37.8 Å². The molecule has 0 bridgehead atoms. The van der Waals surface area contributed by atoms with E-state index in [4.69, 9.17) is 23.7 Å². The smallest absolute Gasteiger partial charge is 0.234 e. The first kappa shape index (κ1) is 27.6. The van der Waals surface area contributed by atoms with Crippen molar-refractivity contribution in [1.82, 2.24) is 10.2 Å². The predicted octanol–water partition coefficient (Wildman–Crippen LogP) is 4.89. The summed E-state index contributed by atoms with van der Waals surface area (Å²) in [5.74, 6) is 3.29. The molecule has 1 amide bonds. The van der Waals surface area contributed by atoms with E-state index in [1.807, 2.05) is 36.4 Å². The number of ether oxygens (including phenoxy) is 5. The topological polar surface area (TPSA) is 78.5 Å². The van der Waals surface area contributed by atoms with Gasteiger partial charge in [0.15, 0.2) is 23.0 Å². The van der Waals surface area contributed by atoms with Crippen molar-refractivity contribution in [1.29, 1.82) is 0 Å². The number of benzene rings is 3. The van der Waals surface area contributed by atoms with Crippen LogP contribution in [0.1, 0.15) is 47.2 Å². The van der Waals surface area contributed by atoms with E-state index in [0.29, 0.717) is 42.6 Å². The minimum atomic E-state index is -0.153. The molecule has 0 fully saturated rings. The zero-order valence-corrected chi connectivity index (χ0v) is 23.7. The fourth-order valence-electron chi connectivity index (χ4n) is 5.87. The van der Waals surface area contributed by atoms with Crippen LogP contribution in [0, 0.1) is 0 Å². The molecule has 8 heteroatoms. The molecule has 0 saturated heterocycles. The molecule has 1 aliphatic heterocycles. The number of carbonyl (C=O) groups excluding carboxylic acids is 1. The van der Waals surface area contributed by atoms with Crippen LogP contribution in [0.3, 0.4) is 0 Å². The van der Waals surface area contributed by atoms with Gasteiger partial charge in [0, 0.05) is 24.2 Å². The van der Waals surface area contributed by atoms with Crippen LogP contribution in [0.15, 0.2) is 54.6 Å². The molecular weight excluding hydrogens is 508 g/mol. The van der Waals surface area contributed by atoms with E-state index in [1.165, 1.54) is 11.1 Å². The third-order valence-electron chi connectivity index (χ3n) is 7.88. The fraction of sp³-hybridized carbons (Fsp3) is 0.406. The van der Waals surface area contributed by atoms with Crippen LogP contribution >= 0.6 is 0 Å². The molecule has 3 aromatic rings. The van der Waals surface area contributed by atoms with Crippen molar-refractivity contribution in [2.75, 3.05) is 48.1 Å². The van der Waals surface area contributed by atoms with Gasteiger partial charge in [-0.2, -0.15) is 0 Å². The van der Waals surface area contributed by atoms with Crippen LogP contribution in [0.2, 0.25) is 0 Å². The third-order valence-corrected chi connectivity index (χ3v) is 7.88. The van der Waals surface area contributed by atoms with E-state index in [9.17, 15) is 4.79 Å². The minimum absolute atomic E-state index is 0.00272. The summed E-state index contributed by atoms with van der Waals surface area (Å²) in [4.78, 5) is 15.7. The molecule has 0 saturated carbocycles. The molecule has 2 unspecified atom stereocenters. The first-order valence-electron chi connectivity index (χ1n) is 13.8. The second kappa shape index (κ2) is 12.5. The highest BCUT2D eigenvalue weighted by Crippen LogP contribution is 2.42. The van der Waals surface area contributed by atoms with Gasteiger partial charge in [0.1, 0.15) is 12.4 Å². The average Bonchev–Trinajstić information content (AvgIpc) is 3.14. The Morgan fingerprint density at radius 2 is 1.62 bits per heavy atom. The summed E-state index contributed by atoms with van der Waals surface area (Å²) in [6.07, 6.45) is 3.70. The number of hydrogen-bond acceptors (Lipinski definition) is 7. The van der Waals surface area contributed by atoms with Crippen molar-refractivity contribution in [3.63, 3.8) is 0 Å². The number of carbonyl (C=O) groups is 1. The van der Waals surface area contributed by atoms with Gasteiger partial charge in [-0.05, 0) is 60.6 Å². The number of hydrogen-bond donors (Lipinski definition) is 1. The van der Waals surface area contributed by atoms with E-state index in [1.54, 1.807) is 28.4 Å². The van der Waals surface area contributed by atoms with Gasteiger partial charge >= 0.3 is 0 Å². The molecule has 1 heterocycles. The molecule has 0 radical (unpaired) electrons. The zero-order valence-electron chi connectivity index (χ0n) is 23.7. The number of nitrogens with zero attached hydrogens (tertiary/aromatic N) is 1. The number of fused-ring (bicyclic) bond motifs is 2. The summed E-state index contributed by atoms with van der Waals surface area (Å²) >= 11 is 0. The molecule has 40 heavy (non-hydrogen) atoms. The number of amides is 1. The average molecular weight is 547 g/mol. The lowest BCUT2D eigenvalue weighted by molar-refractivity contribution is -0.123. The Labute approximate surface area is 236 Å². The summed E-state index contributed by atoms with van der Waals surface area (Å²) in [5, 5.41) is 3.32. The Kier molecular flexibility index (Phi) is 8.65. The van der Waals surface area contributed by atoms with Gasteiger partial charge < -0.3 is 29.0 Å². The van der Waals surface area contributed by atoms with E-state index in [2.05, 4.69) is 28.4 Å². The normalized spacial score (nSPS) is 18.4. The molecule has 3 aromatic carbocycles. The molecule has 0 spiro atoms. The van der Waals surface area contributed by atoms with Gasteiger partial charge in [0.05, 0.1) is 41.0 Å². The largest absolute Gasteiger partial charge is 0.493 e. The number of methoxy groups -OCH3 is 4. The van der Waals surface area contributed by atoms with E-state index in [0.717, 1.165) is 36.1 Å². The van der Waals surface area contributed by atoms with Crippen LogP contribution in [0.4, 0.5) is 0 Å². The maximum Gasteiger partial charge on any atom is 0.234 e. The molecule has 2 atom stereocenters. The Bertz CT molecular complexity index is 1340. The summed E-state index contributed by atoms with van der Waals surface area (Å²) in [6, 6.07) is 18.1. The minimum Gasteiger partial charge on any atom is -0.493 e. The van der Waals surface area contributed by atoms with E-state index < -0.39 is 0 Å². The van der Waals surface area contributed by atoms with Gasteiger partial charge in [-0.15, -0.1) is 0 Å². The van der Waals surface area contributed by atoms with E-state index in [-0.39, 0.29) is 24.5 Å². The standard InChI is InChI=1S/C32H38N2O6/c1-36-27-13-12-21(17-29(27)37-2)16-26-24-18-30(38-3)31(39-4)19-28(24)40-15-14-34(26)20-32(35)33-25-11-7-9-22-8-5-6-10-23(22)25/h5-6,8,10,12-13,17-19,25-26H,7,9,11,14-16,20H2,1-4H3,(H,33,35).